The topological polar surface area (TPSA) is 97.4 Å². The number of halogens is 1. The van der Waals surface area contributed by atoms with Crippen molar-refractivity contribution in [2.45, 2.75) is 26.2 Å². The Hall–Kier alpha value is -2.93. The molecule has 0 aliphatic rings. The zero-order valence-electron chi connectivity index (χ0n) is 16.2. The third-order valence-corrected chi connectivity index (χ3v) is 4.19. The quantitative estimate of drug-likeness (QED) is 0.350. The fourth-order valence-corrected chi connectivity index (χ4v) is 2.78. The minimum atomic E-state index is -0.377. The first-order chi connectivity index (χ1) is 13.4. The van der Waals surface area contributed by atoms with Gasteiger partial charge in [-0.05, 0) is 30.5 Å². The lowest BCUT2D eigenvalue weighted by Crippen LogP contribution is -2.35. The van der Waals surface area contributed by atoms with Gasteiger partial charge in [0, 0.05) is 37.7 Å². The maximum Gasteiger partial charge on any atom is 0.226 e. The number of ether oxygens (including phenoxy) is 2. The molecule has 0 aromatic heterocycles. The Balaban J connectivity index is 2.25. The van der Waals surface area contributed by atoms with Gasteiger partial charge in [0.25, 0.3) is 0 Å². The Labute approximate surface area is 164 Å². The van der Waals surface area contributed by atoms with E-state index >= 15 is 0 Å². The van der Waals surface area contributed by atoms with E-state index in [1.807, 2.05) is 24.3 Å². The molecule has 2 rings (SSSR count). The normalized spacial score (nSPS) is 10.5. The van der Waals surface area contributed by atoms with Crippen LogP contribution in [0.5, 0.6) is 5.75 Å². The lowest BCUT2D eigenvalue weighted by Gasteiger charge is -2.15. The molecule has 0 spiro atoms. The number of carbonyl (C=O) groups is 1. The van der Waals surface area contributed by atoms with Crippen molar-refractivity contribution in [3.8, 4) is 16.9 Å². The predicted molar refractivity (Wildman–Crippen MR) is 107 cm³/mol. The number of hydrogen-bond acceptors (Lipinski definition) is 4. The molecule has 7 heteroatoms. The minimum Gasteiger partial charge on any atom is -0.493 e. The van der Waals surface area contributed by atoms with E-state index in [9.17, 15) is 9.18 Å². The third kappa shape index (κ3) is 6.06. The zero-order valence-corrected chi connectivity index (χ0v) is 16.2. The van der Waals surface area contributed by atoms with E-state index in [2.05, 4.69) is 5.32 Å². The molecule has 6 nitrogen and oxygen atoms in total. The monoisotopic (exact) mass is 387 g/mol. The van der Waals surface area contributed by atoms with Gasteiger partial charge in [-0.15, -0.1) is 0 Å². The number of nitrogens with one attached hydrogen (secondary N) is 2. The van der Waals surface area contributed by atoms with Crippen LogP contribution in [0.1, 0.15) is 24.0 Å². The predicted octanol–water partition coefficient (Wildman–Crippen LogP) is 3.16. The van der Waals surface area contributed by atoms with E-state index in [1.165, 1.54) is 0 Å². The third-order valence-electron chi connectivity index (χ3n) is 4.19. The summed E-state index contributed by atoms with van der Waals surface area (Å²) in [6, 6.07) is 10.7. The lowest BCUT2D eigenvalue weighted by atomic mass is 9.98. The number of carbonyl (C=O) groups excluding carboxylic acids is 1. The number of benzene rings is 2. The molecule has 4 N–H and O–H groups in total. The zero-order chi connectivity index (χ0) is 20.5. The first-order valence-corrected chi connectivity index (χ1v) is 9.06. The fraction of sp³-hybridized carbons (Fsp3) is 0.333. The van der Waals surface area contributed by atoms with Crippen molar-refractivity contribution in [2.75, 3.05) is 20.3 Å². The van der Waals surface area contributed by atoms with E-state index < -0.39 is 0 Å². The largest absolute Gasteiger partial charge is 0.493 e. The highest BCUT2D eigenvalue weighted by molar-refractivity contribution is 5.94. The molecule has 0 atom stereocenters. The summed E-state index contributed by atoms with van der Waals surface area (Å²) in [4.78, 5) is 11.7. The minimum absolute atomic E-state index is 0.181. The van der Waals surface area contributed by atoms with Crippen LogP contribution in [0, 0.1) is 18.2 Å². The van der Waals surface area contributed by atoms with Crippen molar-refractivity contribution < 1.29 is 18.7 Å². The molecule has 0 heterocycles. The maximum atomic E-state index is 14.6. The summed E-state index contributed by atoms with van der Waals surface area (Å²) in [5, 5.41) is 9.35. The molecule has 0 radical (unpaired) electrons. The summed E-state index contributed by atoms with van der Waals surface area (Å²) < 4.78 is 25.6. The molecule has 0 aliphatic heterocycles. The van der Waals surface area contributed by atoms with Crippen molar-refractivity contribution >= 4 is 11.9 Å². The molecule has 0 fully saturated rings. The number of aryl methyl sites for hydroxylation is 2. The summed E-state index contributed by atoms with van der Waals surface area (Å²) in [6.45, 7) is 2.72. The molecule has 2 aromatic carbocycles. The van der Waals surface area contributed by atoms with Crippen LogP contribution in [0.2, 0.25) is 0 Å². The van der Waals surface area contributed by atoms with Crippen LogP contribution in [-0.2, 0) is 16.0 Å². The second-order valence-electron chi connectivity index (χ2n) is 6.42. The number of methoxy groups -OCH3 is 1. The van der Waals surface area contributed by atoms with Crippen molar-refractivity contribution in [3.05, 3.63) is 53.3 Å². The first kappa shape index (κ1) is 21.4. The van der Waals surface area contributed by atoms with E-state index in [1.54, 1.807) is 26.2 Å². The summed E-state index contributed by atoms with van der Waals surface area (Å²) in [5.41, 5.74) is 7.73. The molecule has 0 bridgehead atoms. The summed E-state index contributed by atoms with van der Waals surface area (Å²) >= 11 is 0. The van der Waals surface area contributed by atoms with Gasteiger partial charge < -0.3 is 15.2 Å². The van der Waals surface area contributed by atoms with Crippen molar-refractivity contribution in [2.24, 2.45) is 5.73 Å². The standard InChI is InChI=1S/C21H26FN3O3/c1-14-5-3-6-17(20(14)22)16-9-7-15(8-10-19(26)25-21(23)24)13-18(16)28-12-4-11-27-2/h3,5-7,9,13H,4,8,10-12H2,1-2H3,(H4,23,24,25,26). The van der Waals surface area contributed by atoms with Gasteiger partial charge in [-0.3, -0.25) is 15.5 Å². The van der Waals surface area contributed by atoms with Crippen LogP contribution in [0.25, 0.3) is 11.1 Å². The van der Waals surface area contributed by atoms with Crippen molar-refractivity contribution in [1.29, 1.82) is 5.41 Å². The Bertz CT molecular complexity index is 840. The summed E-state index contributed by atoms with van der Waals surface area (Å²) in [5.74, 6) is -0.427. The number of guanidine groups is 1. The maximum absolute atomic E-state index is 14.6. The average Bonchev–Trinajstić information content (AvgIpc) is 2.66. The molecule has 150 valence electrons. The van der Waals surface area contributed by atoms with Crippen LogP contribution in [0.4, 0.5) is 4.39 Å². The first-order valence-electron chi connectivity index (χ1n) is 9.06. The number of hydrogen-bond donors (Lipinski definition) is 3. The molecule has 0 aliphatic carbocycles. The molecule has 28 heavy (non-hydrogen) atoms. The lowest BCUT2D eigenvalue weighted by molar-refractivity contribution is -0.119. The van der Waals surface area contributed by atoms with Crippen LogP contribution in [0.15, 0.2) is 36.4 Å². The van der Waals surface area contributed by atoms with Crippen LogP contribution in [0.3, 0.4) is 0 Å². The molecule has 2 aromatic rings. The molecule has 1 amide bonds. The molecule has 0 saturated carbocycles. The van der Waals surface area contributed by atoms with Gasteiger partial charge in [0.15, 0.2) is 5.96 Å². The fourth-order valence-electron chi connectivity index (χ4n) is 2.78. The number of rotatable bonds is 9. The van der Waals surface area contributed by atoms with E-state index in [-0.39, 0.29) is 24.1 Å². The van der Waals surface area contributed by atoms with E-state index in [0.29, 0.717) is 48.5 Å². The number of amides is 1. The van der Waals surface area contributed by atoms with Crippen LogP contribution >= 0.6 is 0 Å². The number of nitrogens with two attached hydrogens (primary N) is 1. The second-order valence-corrected chi connectivity index (χ2v) is 6.42. The van der Waals surface area contributed by atoms with E-state index in [0.717, 1.165) is 5.56 Å². The molecular weight excluding hydrogens is 361 g/mol. The highest BCUT2D eigenvalue weighted by Crippen LogP contribution is 2.34. The van der Waals surface area contributed by atoms with Gasteiger partial charge in [0.05, 0.1) is 6.61 Å². The van der Waals surface area contributed by atoms with Crippen molar-refractivity contribution in [1.82, 2.24) is 5.32 Å². The Morgan fingerprint density at radius 3 is 2.71 bits per heavy atom. The highest BCUT2D eigenvalue weighted by Gasteiger charge is 2.14. The summed E-state index contributed by atoms with van der Waals surface area (Å²) in [6.07, 6.45) is 1.34. The smallest absolute Gasteiger partial charge is 0.226 e. The summed E-state index contributed by atoms with van der Waals surface area (Å²) in [7, 11) is 1.63. The van der Waals surface area contributed by atoms with Gasteiger partial charge in [-0.2, -0.15) is 0 Å². The average molecular weight is 387 g/mol. The molecular formula is C21H26FN3O3. The molecule has 0 saturated heterocycles. The van der Waals surface area contributed by atoms with Gasteiger partial charge >= 0.3 is 0 Å². The van der Waals surface area contributed by atoms with Gasteiger partial charge in [-0.1, -0.05) is 30.3 Å². The van der Waals surface area contributed by atoms with Gasteiger partial charge in [-0.25, -0.2) is 4.39 Å². The Morgan fingerprint density at radius 2 is 2.00 bits per heavy atom. The highest BCUT2D eigenvalue weighted by atomic mass is 19.1. The second kappa shape index (κ2) is 10.4. The van der Waals surface area contributed by atoms with Crippen molar-refractivity contribution in [3.63, 3.8) is 0 Å². The Kier molecular flexibility index (Phi) is 7.95. The van der Waals surface area contributed by atoms with Crippen LogP contribution in [-0.4, -0.2) is 32.2 Å². The molecule has 0 unspecified atom stereocenters. The van der Waals surface area contributed by atoms with E-state index in [4.69, 9.17) is 20.6 Å². The van der Waals surface area contributed by atoms with Gasteiger partial charge in [0.2, 0.25) is 5.91 Å². The SMILES string of the molecule is COCCCOc1cc(CCC(=O)NC(=N)N)ccc1-c1cccc(C)c1F. The van der Waals surface area contributed by atoms with Gasteiger partial charge in [0.1, 0.15) is 11.6 Å². The van der Waals surface area contributed by atoms with Crippen LogP contribution < -0.4 is 15.8 Å². The Morgan fingerprint density at radius 1 is 1.21 bits per heavy atom.